The number of aryl methyl sites for hydroxylation is 1. The van der Waals surface area contributed by atoms with Gasteiger partial charge < -0.3 is 4.74 Å². The van der Waals surface area contributed by atoms with Crippen LogP contribution in [0.2, 0.25) is 5.02 Å². The molecular weight excluding hydrogens is 286 g/mol. The molecule has 1 aromatic carbocycles. The van der Waals surface area contributed by atoms with Crippen molar-refractivity contribution in [3.63, 3.8) is 0 Å². The minimum atomic E-state index is -3.60. The molecule has 0 saturated carbocycles. The molecule has 0 spiro atoms. The summed E-state index contributed by atoms with van der Waals surface area (Å²) < 4.78 is 32.1. The molecule has 19 heavy (non-hydrogen) atoms. The highest BCUT2D eigenvalue weighted by atomic mass is 35.5. The Morgan fingerprint density at radius 2 is 2.00 bits per heavy atom. The van der Waals surface area contributed by atoms with Crippen molar-refractivity contribution in [2.45, 2.75) is 32.1 Å². The van der Waals surface area contributed by atoms with E-state index in [1.165, 1.54) is 13.2 Å². The second kappa shape index (κ2) is 6.59. The van der Waals surface area contributed by atoms with Crippen molar-refractivity contribution >= 4 is 21.6 Å². The molecule has 4 nitrogen and oxygen atoms in total. The van der Waals surface area contributed by atoms with Gasteiger partial charge in [-0.1, -0.05) is 25.4 Å². The molecule has 0 amide bonds. The van der Waals surface area contributed by atoms with Gasteiger partial charge in [-0.15, -0.1) is 0 Å². The minimum Gasteiger partial charge on any atom is -0.495 e. The van der Waals surface area contributed by atoms with Crippen LogP contribution in [-0.4, -0.2) is 22.1 Å². The van der Waals surface area contributed by atoms with Gasteiger partial charge in [-0.3, -0.25) is 0 Å². The minimum absolute atomic E-state index is 0.0781. The van der Waals surface area contributed by atoms with Gasteiger partial charge in [0, 0.05) is 11.6 Å². The summed E-state index contributed by atoms with van der Waals surface area (Å²) in [6, 6.07) is 3.05. The second-order valence-electron chi connectivity index (χ2n) is 4.83. The molecule has 1 rings (SSSR count). The van der Waals surface area contributed by atoms with Gasteiger partial charge in [0.1, 0.15) is 10.6 Å². The first-order chi connectivity index (χ1) is 8.77. The zero-order valence-corrected chi connectivity index (χ0v) is 13.2. The molecule has 0 aliphatic heterocycles. The molecule has 0 aliphatic carbocycles. The standard InChI is InChI=1S/C13H20ClNO3S/c1-9(2)5-6-15-19(16,17)13-8-11(14)10(3)7-12(13)18-4/h7-9,15H,5-6H2,1-4H3. The Hall–Kier alpha value is -0.780. The smallest absolute Gasteiger partial charge is 0.244 e. The van der Waals surface area contributed by atoms with Crippen LogP contribution in [0.15, 0.2) is 17.0 Å². The van der Waals surface area contributed by atoms with Crippen molar-refractivity contribution in [3.05, 3.63) is 22.7 Å². The average molecular weight is 306 g/mol. The van der Waals surface area contributed by atoms with Crippen LogP contribution in [0, 0.1) is 12.8 Å². The SMILES string of the molecule is COc1cc(C)c(Cl)cc1S(=O)(=O)NCCC(C)C. The fourth-order valence-corrected chi connectivity index (χ4v) is 3.02. The number of hydrogen-bond donors (Lipinski definition) is 1. The second-order valence-corrected chi connectivity index (χ2v) is 6.98. The van der Waals surface area contributed by atoms with Crippen molar-refractivity contribution in [2.75, 3.05) is 13.7 Å². The summed E-state index contributed by atoms with van der Waals surface area (Å²) in [6.07, 6.45) is 0.779. The summed E-state index contributed by atoms with van der Waals surface area (Å²) in [4.78, 5) is 0.0781. The quantitative estimate of drug-likeness (QED) is 0.879. The van der Waals surface area contributed by atoms with Gasteiger partial charge in [0.2, 0.25) is 10.0 Å². The first-order valence-electron chi connectivity index (χ1n) is 6.11. The number of halogens is 1. The molecule has 0 aromatic heterocycles. The van der Waals surface area contributed by atoms with E-state index >= 15 is 0 Å². The van der Waals surface area contributed by atoms with E-state index < -0.39 is 10.0 Å². The Morgan fingerprint density at radius 3 is 2.53 bits per heavy atom. The Bertz CT molecular complexity index is 541. The van der Waals surface area contributed by atoms with E-state index in [1.807, 2.05) is 13.8 Å². The summed E-state index contributed by atoms with van der Waals surface area (Å²) in [5.74, 6) is 0.741. The van der Waals surface area contributed by atoms with Crippen LogP contribution < -0.4 is 9.46 Å². The summed E-state index contributed by atoms with van der Waals surface area (Å²) in [7, 11) is -2.16. The lowest BCUT2D eigenvalue weighted by Crippen LogP contribution is -2.26. The van der Waals surface area contributed by atoms with E-state index in [0.29, 0.717) is 23.2 Å². The van der Waals surface area contributed by atoms with Gasteiger partial charge in [-0.25, -0.2) is 13.1 Å². The summed E-state index contributed by atoms with van der Waals surface area (Å²) in [6.45, 7) is 6.28. The fourth-order valence-electron chi connectivity index (χ4n) is 1.57. The number of rotatable bonds is 6. The van der Waals surface area contributed by atoms with E-state index in [9.17, 15) is 8.42 Å². The third-order valence-electron chi connectivity index (χ3n) is 2.75. The van der Waals surface area contributed by atoms with Crippen LogP contribution in [-0.2, 0) is 10.0 Å². The predicted molar refractivity (Wildman–Crippen MR) is 77.4 cm³/mol. The largest absolute Gasteiger partial charge is 0.495 e. The van der Waals surface area contributed by atoms with E-state index in [-0.39, 0.29) is 4.90 Å². The topological polar surface area (TPSA) is 55.4 Å². The Labute approximate surface area is 120 Å². The van der Waals surface area contributed by atoms with Gasteiger partial charge >= 0.3 is 0 Å². The number of benzene rings is 1. The third kappa shape index (κ3) is 4.37. The zero-order chi connectivity index (χ0) is 14.6. The van der Waals surface area contributed by atoms with Crippen LogP contribution in [0.3, 0.4) is 0 Å². The van der Waals surface area contributed by atoms with Gasteiger partial charge in [-0.05, 0) is 37.0 Å². The first-order valence-corrected chi connectivity index (χ1v) is 7.98. The van der Waals surface area contributed by atoms with Crippen LogP contribution in [0.1, 0.15) is 25.8 Å². The highest BCUT2D eigenvalue weighted by Crippen LogP contribution is 2.29. The summed E-state index contributed by atoms with van der Waals surface area (Å²) in [5, 5.41) is 0.407. The summed E-state index contributed by atoms with van der Waals surface area (Å²) in [5.41, 5.74) is 0.777. The van der Waals surface area contributed by atoms with Crippen molar-refractivity contribution < 1.29 is 13.2 Å². The van der Waals surface area contributed by atoms with Crippen molar-refractivity contribution in [1.82, 2.24) is 4.72 Å². The van der Waals surface area contributed by atoms with Crippen molar-refractivity contribution in [1.29, 1.82) is 0 Å². The highest BCUT2D eigenvalue weighted by Gasteiger charge is 2.20. The number of hydrogen-bond acceptors (Lipinski definition) is 3. The lowest BCUT2D eigenvalue weighted by molar-refractivity contribution is 0.402. The molecule has 0 unspecified atom stereocenters. The fraction of sp³-hybridized carbons (Fsp3) is 0.538. The molecule has 1 aromatic rings. The van der Waals surface area contributed by atoms with Crippen LogP contribution in [0.4, 0.5) is 0 Å². The molecule has 0 fully saturated rings. The number of sulfonamides is 1. The first kappa shape index (κ1) is 16.3. The molecular formula is C13H20ClNO3S. The van der Waals surface area contributed by atoms with E-state index in [4.69, 9.17) is 16.3 Å². The maximum atomic E-state index is 12.2. The molecule has 1 N–H and O–H groups in total. The average Bonchev–Trinajstić information content (AvgIpc) is 2.31. The highest BCUT2D eigenvalue weighted by molar-refractivity contribution is 7.89. The predicted octanol–water partition coefficient (Wildman–Crippen LogP) is 2.98. The Kier molecular flexibility index (Phi) is 5.64. The normalized spacial score (nSPS) is 11.9. The molecule has 6 heteroatoms. The van der Waals surface area contributed by atoms with E-state index in [2.05, 4.69) is 4.72 Å². The molecule has 0 heterocycles. The lowest BCUT2D eigenvalue weighted by Gasteiger charge is -2.13. The van der Waals surface area contributed by atoms with Gasteiger partial charge in [-0.2, -0.15) is 0 Å². The lowest BCUT2D eigenvalue weighted by atomic mass is 10.1. The Balaban J connectivity index is 3.03. The molecule has 0 saturated heterocycles. The van der Waals surface area contributed by atoms with E-state index in [1.54, 1.807) is 13.0 Å². The number of nitrogens with one attached hydrogen (secondary N) is 1. The molecule has 0 atom stereocenters. The monoisotopic (exact) mass is 305 g/mol. The van der Waals surface area contributed by atoms with Crippen molar-refractivity contribution in [3.8, 4) is 5.75 Å². The van der Waals surface area contributed by atoms with Crippen molar-refractivity contribution in [2.24, 2.45) is 5.92 Å². The van der Waals surface area contributed by atoms with Crippen LogP contribution in [0.5, 0.6) is 5.75 Å². The maximum Gasteiger partial charge on any atom is 0.244 e. The third-order valence-corrected chi connectivity index (χ3v) is 4.64. The molecule has 0 bridgehead atoms. The Morgan fingerprint density at radius 1 is 1.37 bits per heavy atom. The molecule has 0 radical (unpaired) electrons. The number of methoxy groups -OCH3 is 1. The van der Waals surface area contributed by atoms with E-state index in [0.717, 1.165) is 12.0 Å². The maximum absolute atomic E-state index is 12.2. The van der Waals surface area contributed by atoms with Gasteiger partial charge in [0.25, 0.3) is 0 Å². The van der Waals surface area contributed by atoms with Crippen LogP contribution >= 0.6 is 11.6 Å². The molecule has 0 aliphatic rings. The number of ether oxygens (including phenoxy) is 1. The van der Waals surface area contributed by atoms with Gasteiger partial charge in [0.05, 0.1) is 7.11 Å². The summed E-state index contributed by atoms with van der Waals surface area (Å²) >= 11 is 5.99. The van der Waals surface area contributed by atoms with Gasteiger partial charge in [0.15, 0.2) is 0 Å². The van der Waals surface area contributed by atoms with Crippen LogP contribution in [0.25, 0.3) is 0 Å². The zero-order valence-electron chi connectivity index (χ0n) is 11.7. The molecule has 108 valence electrons.